The van der Waals surface area contributed by atoms with Gasteiger partial charge in [0.05, 0.1) is 0 Å². The van der Waals surface area contributed by atoms with Crippen molar-refractivity contribution in [2.75, 3.05) is 23.4 Å². The molecule has 3 rings (SSSR count). The maximum Gasteiger partial charge on any atom is 0.262 e. The Morgan fingerprint density at radius 1 is 1.20 bits per heavy atom. The molecule has 0 radical (unpaired) electrons. The molecule has 0 fully saturated rings. The van der Waals surface area contributed by atoms with E-state index in [9.17, 15) is 9.59 Å². The normalized spacial score (nSPS) is 13.1. The van der Waals surface area contributed by atoms with Gasteiger partial charge in [0.15, 0.2) is 6.61 Å². The van der Waals surface area contributed by atoms with Crippen molar-refractivity contribution >= 4 is 39.1 Å². The predicted octanol–water partition coefficient (Wildman–Crippen LogP) is 3.77. The lowest BCUT2D eigenvalue weighted by molar-refractivity contribution is -0.118. The Bertz CT molecular complexity index is 790. The fourth-order valence-corrected chi connectivity index (χ4v) is 3.14. The molecule has 0 aliphatic carbocycles. The molecule has 0 spiro atoms. The molecule has 2 aromatic rings. The van der Waals surface area contributed by atoms with Crippen LogP contribution in [0.3, 0.4) is 0 Å². The lowest BCUT2D eigenvalue weighted by atomic mass is 10.0. The van der Waals surface area contributed by atoms with Crippen LogP contribution in [-0.4, -0.2) is 25.0 Å². The lowest BCUT2D eigenvalue weighted by Crippen LogP contribution is -2.33. The standard InChI is InChI=1S/C19H19BrN2O3/c1-13(23)22-10-2-3-14-11-16(6-9-18(14)22)21-19(24)12-25-17-7-4-15(20)5-8-17/h4-9,11H,2-3,10,12H2,1H3,(H,21,24). The van der Waals surface area contributed by atoms with Gasteiger partial charge in [-0.05, 0) is 60.9 Å². The maximum atomic E-state index is 12.1. The summed E-state index contributed by atoms with van der Waals surface area (Å²) in [6, 6.07) is 13.0. The minimum atomic E-state index is -0.220. The van der Waals surface area contributed by atoms with E-state index in [1.54, 1.807) is 24.0 Å². The van der Waals surface area contributed by atoms with Gasteiger partial charge in [0.25, 0.3) is 5.91 Å². The Morgan fingerprint density at radius 3 is 2.68 bits per heavy atom. The largest absolute Gasteiger partial charge is 0.484 e. The minimum Gasteiger partial charge on any atom is -0.484 e. The van der Waals surface area contributed by atoms with E-state index in [0.29, 0.717) is 11.4 Å². The highest BCUT2D eigenvalue weighted by molar-refractivity contribution is 9.10. The Kier molecular flexibility index (Phi) is 5.38. The van der Waals surface area contributed by atoms with Crippen LogP contribution >= 0.6 is 15.9 Å². The molecule has 2 amide bonds. The number of amides is 2. The SMILES string of the molecule is CC(=O)N1CCCc2cc(NC(=O)COc3ccc(Br)cc3)ccc21. The minimum absolute atomic E-state index is 0.0423. The molecule has 1 aliphatic heterocycles. The van der Waals surface area contributed by atoms with Gasteiger partial charge in [0.2, 0.25) is 5.91 Å². The van der Waals surface area contributed by atoms with Crippen LogP contribution in [0.25, 0.3) is 0 Å². The Morgan fingerprint density at radius 2 is 1.96 bits per heavy atom. The van der Waals surface area contributed by atoms with Gasteiger partial charge in [-0.3, -0.25) is 9.59 Å². The molecule has 2 aromatic carbocycles. The number of ether oxygens (including phenoxy) is 1. The van der Waals surface area contributed by atoms with E-state index in [2.05, 4.69) is 21.2 Å². The van der Waals surface area contributed by atoms with Gasteiger partial charge in [-0.2, -0.15) is 0 Å². The van der Waals surface area contributed by atoms with Crippen LogP contribution in [-0.2, 0) is 16.0 Å². The summed E-state index contributed by atoms with van der Waals surface area (Å²) in [4.78, 5) is 25.6. The average Bonchev–Trinajstić information content (AvgIpc) is 2.60. The van der Waals surface area contributed by atoms with Crippen molar-refractivity contribution in [3.63, 3.8) is 0 Å². The summed E-state index contributed by atoms with van der Waals surface area (Å²) in [5.74, 6) is 0.462. The third-order valence-electron chi connectivity index (χ3n) is 4.05. The number of carbonyl (C=O) groups is 2. The molecule has 1 heterocycles. The molecule has 1 aliphatic rings. The molecule has 0 atom stereocenters. The Labute approximate surface area is 155 Å². The van der Waals surface area contributed by atoms with E-state index in [1.165, 1.54) is 0 Å². The summed E-state index contributed by atoms with van der Waals surface area (Å²) < 4.78 is 6.43. The summed E-state index contributed by atoms with van der Waals surface area (Å²) in [6.07, 6.45) is 1.83. The van der Waals surface area contributed by atoms with E-state index in [1.807, 2.05) is 30.3 Å². The number of rotatable bonds is 4. The van der Waals surface area contributed by atoms with Crippen molar-refractivity contribution in [3.8, 4) is 5.75 Å². The Hall–Kier alpha value is -2.34. The lowest BCUT2D eigenvalue weighted by Gasteiger charge is -2.29. The second kappa shape index (κ2) is 7.70. The maximum absolute atomic E-state index is 12.1. The third kappa shape index (κ3) is 4.39. The monoisotopic (exact) mass is 402 g/mol. The third-order valence-corrected chi connectivity index (χ3v) is 4.57. The van der Waals surface area contributed by atoms with E-state index in [4.69, 9.17) is 4.74 Å². The number of hydrogen-bond acceptors (Lipinski definition) is 3. The molecule has 0 saturated carbocycles. The number of nitrogens with zero attached hydrogens (tertiary/aromatic N) is 1. The van der Waals surface area contributed by atoms with Crippen LogP contribution in [0.1, 0.15) is 18.9 Å². The zero-order chi connectivity index (χ0) is 17.8. The highest BCUT2D eigenvalue weighted by atomic mass is 79.9. The van der Waals surface area contributed by atoms with E-state index >= 15 is 0 Å². The molecule has 6 heteroatoms. The second-order valence-electron chi connectivity index (χ2n) is 5.91. The van der Waals surface area contributed by atoms with Crippen molar-refractivity contribution < 1.29 is 14.3 Å². The molecule has 25 heavy (non-hydrogen) atoms. The first-order chi connectivity index (χ1) is 12.0. The molecule has 130 valence electrons. The number of fused-ring (bicyclic) bond motifs is 1. The van der Waals surface area contributed by atoms with Gasteiger partial charge in [-0.25, -0.2) is 0 Å². The predicted molar refractivity (Wildman–Crippen MR) is 101 cm³/mol. The van der Waals surface area contributed by atoms with E-state index in [-0.39, 0.29) is 18.4 Å². The van der Waals surface area contributed by atoms with Crippen molar-refractivity contribution in [1.29, 1.82) is 0 Å². The van der Waals surface area contributed by atoms with Crippen molar-refractivity contribution in [2.45, 2.75) is 19.8 Å². The highest BCUT2D eigenvalue weighted by Gasteiger charge is 2.20. The van der Waals surface area contributed by atoms with Gasteiger partial charge >= 0.3 is 0 Å². The molecule has 0 bridgehead atoms. The fraction of sp³-hybridized carbons (Fsp3) is 0.263. The zero-order valence-electron chi connectivity index (χ0n) is 13.9. The molecule has 5 nitrogen and oxygen atoms in total. The van der Waals surface area contributed by atoms with Crippen LogP contribution < -0.4 is 15.0 Å². The molecule has 1 N–H and O–H groups in total. The topological polar surface area (TPSA) is 58.6 Å². The van der Waals surface area contributed by atoms with Crippen LogP contribution in [0.4, 0.5) is 11.4 Å². The Balaban J connectivity index is 1.62. The van der Waals surface area contributed by atoms with Crippen molar-refractivity contribution in [2.24, 2.45) is 0 Å². The summed E-state index contributed by atoms with van der Waals surface area (Å²) in [5.41, 5.74) is 2.73. The molecule has 0 unspecified atom stereocenters. The smallest absolute Gasteiger partial charge is 0.262 e. The molecular weight excluding hydrogens is 384 g/mol. The molecular formula is C19H19BrN2O3. The second-order valence-corrected chi connectivity index (χ2v) is 6.82. The van der Waals surface area contributed by atoms with Crippen LogP contribution in [0.5, 0.6) is 5.75 Å². The van der Waals surface area contributed by atoms with Gasteiger partial charge in [0, 0.05) is 29.3 Å². The highest BCUT2D eigenvalue weighted by Crippen LogP contribution is 2.29. The van der Waals surface area contributed by atoms with Gasteiger partial charge in [-0.1, -0.05) is 15.9 Å². The van der Waals surface area contributed by atoms with Crippen LogP contribution in [0.2, 0.25) is 0 Å². The first kappa shape index (κ1) is 17.5. The fourth-order valence-electron chi connectivity index (χ4n) is 2.88. The number of anilines is 2. The first-order valence-corrected chi connectivity index (χ1v) is 8.91. The zero-order valence-corrected chi connectivity index (χ0v) is 15.5. The summed E-state index contributed by atoms with van der Waals surface area (Å²) >= 11 is 3.35. The van der Waals surface area contributed by atoms with Crippen molar-refractivity contribution in [3.05, 3.63) is 52.5 Å². The molecule has 0 aromatic heterocycles. The summed E-state index contributed by atoms with van der Waals surface area (Å²) in [7, 11) is 0. The van der Waals surface area contributed by atoms with Crippen molar-refractivity contribution in [1.82, 2.24) is 0 Å². The molecule has 0 saturated heterocycles. The summed E-state index contributed by atoms with van der Waals surface area (Å²) in [6.45, 7) is 2.26. The number of benzene rings is 2. The number of halogens is 1. The summed E-state index contributed by atoms with van der Waals surface area (Å²) in [5, 5.41) is 2.84. The van der Waals surface area contributed by atoms with E-state index in [0.717, 1.165) is 35.1 Å². The van der Waals surface area contributed by atoms with Crippen LogP contribution in [0, 0.1) is 0 Å². The van der Waals surface area contributed by atoms with E-state index < -0.39 is 0 Å². The number of carbonyl (C=O) groups excluding carboxylic acids is 2. The quantitative estimate of drug-likeness (QED) is 0.846. The van der Waals surface area contributed by atoms with Gasteiger partial charge in [0.1, 0.15) is 5.75 Å². The number of hydrogen-bond donors (Lipinski definition) is 1. The first-order valence-electron chi connectivity index (χ1n) is 8.12. The van der Waals surface area contributed by atoms with Crippen LogP contribution in [0.15, 0.2) is 46.9 Å². The average molecular weight is 403 g/mol. The number of aryl methyl sites for hydroxylation is 1. The van der Waals surface area contributed by atoms with Gasteiger partial charge in [-0.15, -0.1) is 0 Å². The number of nitrogens with one attached hydrogen (secondary N) is 1. The van der Waals surface area contributed by atoms with Gasteiger partial charge < -0.3 is 15.0 Å².